The number of rotatable bonds is 7. The lowest BCUT2D eigenvalue weighted by Crippen LogP contribution is -2.41. The molecule has 0 spiro atoms. The Labute approximate surface area is 196 Å². The molecular formula is C26H23ClFNO4. The van der Waals surface area contributed by atoms with Crippen molar-refractivity contribution in [3.63, 3.8) is 0 Å². The Hall–Kier alpha value is -3.38. The van der Waals surface area contributed by atoms with Crippen molar-refractivity contribution in [3.05, 3.63) is 99.8 Å². The molecule has 3 aromatic rings. The summed E-state index contributed by atoms with van der Waals surface area (Å²) in [6, 6.07) is 18.5. The van der Waals surface area contributed by atoms with Crippen LogP contribution >= 0.6 is 11.6 Å². The SMILES string of the molecule is O=C(O)COc1ccc(F)cc1C1c2ccccc2CCN1C(=O)CCc1cccc(Cl)c1. The van der Waals surface area contributed by atoms with E-state index in [4.69, 9.17) is 21.4 Å². The number of nitrogens with zero attached hydrogens (tertiary/aromatic N) is 1. The number of hydrogen-bond acceptors (Lipinski definition) is 3. The van der Waals surface area contributed by atoms with Crippen LogP contribution in [0.5, 0.6) is 5.75 Å². The Morgan fingerprint density at radius 2 is 1.88 bits per heavy atom. The summed E-state index contributed by atoms with van der Waals surface area (Å²) in [5.41, 5.74) is 3.33. The minimum atomic E-state index is -1.14. The van der Waals surface area contributed by atoms with Crippen LogP contribution in [0.1, 0.15) is 34.7 Å². The van der Waals surface area contributed by atoms with E-state index in [1.165, 1.54) is 18.2 Å². The number of aliphatic carboxylic acids is 1. The van der Waals surface area contributed by atoms with Crippen LogP contribution in [0.15, 0.2) is 66.7 Å². The van der Waals surface area contributed by atoms with Gasteiger partial charge in [0.25, 0.3) is 0 Å². The van der Waals surface area contributed by atoms with Gasteiger partial charge in [0.2, 0.25) is 5.91 Å². The van der Waals surface area contributed by atoms with E-state index in [2.05, 4.69) is 0 Å². The first-order valence-corrected chi connectivity index (χ1v) is 11.1. The number of carboxylic acid groups (broad SMARTS) is 1. The molecule has 1 unspecified atom stereocenters. The summed E-state index contributed by atoms with van der Waals surface area (Å²) in [6.07, 6.45) is 1.46. The predicted molar refractivity (Wildman–Crippen MR) is 123 cm³/mol. The van der Waals surface area contributed by atoms with Gasteiger partial charge in [-0.3, -0.25) is 4.79 Å². The second kappa shape index (κ2) is 10.0. The first kappa shape index (κ1) is 22.8. The molecule has 7 heteroatoms. The van der Waals surface area contributed by atoms with E-state index in [9.17, 15) is 14.0 Å². The number of carbonyl (C=O) groups excluding carboxylic acids is 1. The lowest BCUT2D eigenvalue weighted by molar-refractivity contribution is -0.139. The van der Waals surface area contributed by atoms with Gasteiger partial charge in [0.15, 0.2) is 6.61 Å². The minimum absolute atomic E-state index is 0.0806. The monoisotopic (exact) mass is 467 g/mol. The molecule has 170 valence electrons. The van der Waals surface area contributed by atoms with Crippen LogP contribution < -0.4 is 4.74 Å². The largest absolute Gasteiger partial charge is 0.482 e. The normalized spacial score (nSPS) is 15.1. The van der Waals surface area contributed by atoms with Crippen molar-refractivity contribution in [1.82, 2.24) is 4.90 Å². The number of ether oxygens (including phenoxy) is 1. The third-order valence-electron chi connectivity index (χ3n) is 5.74. The summed E-state index contributed by atoms with van der Waals surface area (Å²) in [5.74, 6) is -1.46. The molecule has 3 aromatic carbocycles. The molecule has 0 radical (unpaired) electrons. The van der Waals surface area contributed by atoms with Crippen molar-refractivity contribution in [1.29, 1.82) is 0 Å². The highest BCUT2D eigenvalue weighted by molar-refractivity contribution is 6.30. The summed E-state index contributed by atoms with van der Waals surface area (Å²) < 4.78 is 19.8. The van der Waals surface area contributed by atoms with E-state index in [0.29, 0.717) is 30.0 Å². The van der Waals surface area contributed by atoms with E-state index < -0.39 is 24.4 Å². The van der Waals surface area contributed by atoms with Gasteiger partial charge in [0.05, 0.1) is 6.04 Å². The maximum atomic E-state index is 14.3. The maximum Gasteiger partial charge on any atom is 0.341 e. The zero-order chi connectivity index (χ0) is 23.4. The summed E-state index contributed by atoms with van der Waals surface area (Å²) >= 11 is 6.07. The van der Waals surface area contributed by atoms with Crippen molar-refractivity contribution in [2.24, 2.45) is 0 Å². The average Bonchev–Trinajstić information content (AvgIpc) is 2.81. The van der Waals surface area contributed by atoms with Gasteiger partial charge in [-0.15, -0.1) is 0 Å². The zero-order valence-electron chi connectivity index (χ0n) is 17.8. The molecule has 0 saturated heterocycles. The highest BCUT2D eigenvalue weighted by atomic mass is 35.5. The molecular weight excluding hydrogens is 445 g/mol. The van der Waals surface area contributed by atoms with Crippen LogP contribution in [0.2, 0.25) is 5.02 Å². The van der Waals surface area contributed by atoms with E-state index in [1.807, 2.05) is 42.5 Å². The van der Waals surface area contributed by atoms with E-state index >= 15 is 0 Å². The van der Waals surface area contributed by atoms with Crippen molar-refractivity contribution < 1.29 is 23.8 Å². The topological polar surface area (TPSA) is 66.8 Å². The number of amides is 1. The summed E-state index contributed by atoms with van der Waals surface area (Å²) in [6.45, 7) is -0.0966. The molecule has 1 amide bonds. The number of carbonyl (C=O) groups is 2. The van der Waals surface area contributed by atoms with Gasteiger partial charge in [-0.05, 0) is 59.9 Å². The molecule has 1 aliphatic rings. The van der Waals surface area contributed by atoms with Crippen LogP contribution in [-0.4, -0.2) is 35.0 Å². The van der Waals surface area contributed by atoms with Gasteiger partial charge in [0, 0.05) is 23.6 Å². The fraction of sp³-hybridized carbons (Fsp3) is 0.231. The van der Waals surface area contributed by atoms with Crippen molar-refractivity contribution in [3.8, 4) is 5.75 Å². The Bertz CT molecular complexity index is 1180. The van der Waals surface area contributed by atoms with Crippen LogP contribution in [-0.2, 0) is 22.4 Å². The Kier molecular flexibility index (Phi) is 6.94. The number of benzene rings is 3. The number of hydrogen-bond donors (Lipinski definition) is 1. The molecule has 1 heterocycles. The number of halogens is 2. The molecule has 33 heavy (non-hydrogen) atoms. The standard InChI is InChI=1S/C26H23ClFNO4/c27-19-6-3-4-17(14-19)8-11-24(30)29-13-12-18-5-1-2-7-21(18)26(29)22-15-20(28)9-10-23(22)33-16-25(31)32/h1-7,9-10,14-15,26H,8,11-13,16H2,(H,31,32). The van der Waals surface area contributed by atoms with Gasteiger partial charge in [-0.2, -0.15) is 0 Å². The van der Waals surface area contributed by atoms with Crippen molar-refractivity contribution in [2.75, 3.05) is 13.2 Å². The molecule has 0 saturated carbocycles. The first-order chi connectivity index (χ1) is 15.9. The number of aryl methyl sites for hydroxylation is 1. The molecule has 1 N–H and O–H groups in total. The minimum Gasteiger partial charge on any atom is -0.482 e. The van der Waals surface area contributed by atoms with E-state index in [-0.39, 0.29) is 18.1 Å². The average molecular weight is 468 g/mol. The lowest BCUT2D eigenvalue weighted by atomic mass is 9.87. The van der Waals surface area contributed by atoms with Crippen LogP contribution in [0.25, 0.3) is 0 Å². The summed E-state index contributed by atoms with van der Waals surface area (Å²) in [7, 11) is 0. The molecule has 0 fully saturated rings. The van der Waals surface area contributed by atoms with Crippen molar-refractivity contribution in [2.45, 2.75) is 25.3 Å². The van der Waals surface area contributed by atoms with Gasteiger partial charge in [0.1, 0.15) is 11.6 Å². The molecule has 1 aliphatic heterocycles. The maximum absolute atomic E-state index is 14.3. The molecule has 0 aliphatic carbocycles. The van der Waals surface area contributed by atoms with Gasteiger partial charge in [-0.25, -0.2) is 9.18 Å². The Morgan fingerprint density at radius 3 is 2.67 bits per heavy atom. The number of fused-ring (bicyclic) bond motifs is 1. The lowest BCUT2D eigenvalue weighted by Gasteiger charge is -2.38. The quantitative estimate of drug-likeness (QED) is 0.528. The Balaban J connectivity index is 1.68. The van der Waals surface area contributed by atoms with E-state index in [1.54, 1.807) is 11.0 Å². The smallest absolute Gasteiger partial charge is 0.341 e. The zero-order valence-corrected chi connectivity index (χ0v) is 18.6. The third-order valence-corrected chi connectivity index (χ3v) is 5.97. The van der Waals surface area contributed by atoms with Gasteiger partial charge >= 0.3 is 5.97 Å². The van der Waals surface area contributed by atoms with Crippen molar-refractivity contribution >= 4 is 23.5 Å². The third kappa shape index (κ3) is 5.34. The van der Waals surface area contributed by atoms with Gasteiger partial charge in [-0.1, -0.05) is 48.0 Å². The highest BCUT2D eigenvalue weighted by Gasteiger charge is 2.34. The Morgan fingerprint density at radius 1 is 1.06 bits per heavy atom. The molecule has 0 bridgehead atoms. The highest BCUT2D eigenvalue weighted by Crippen LogP contribution is 2.40. The number of carboxylic acids is 1. The van der Waals surface area contributed by atoms with Crippen LogP contribution in [0, 0.1) is 5.82 Å². The molecule has 1 atom stereocenters. The van der Waals surface area contributed by atoms with E-state index in [0.717, 1.165) is 16.7 Å². The van der Waals surface area contributed by atoms with Crippen LogP contribution in [0.4, 0.5) is 4.39 Å². The summed E-state index contributed by atoms with van der Waals surface area (Å²) in [5, 5.41) is 9.67. The molecule has 0 aromatic heterocycles. The molecule has 4 rings (SSSR count). The second-order valence-corrected chi connectivity index (χ2v) is 8.37. The first-order valence-electron chi connectivity index (χ1n) is 10.7. The summed E-state index contributed by atoms with van der Waals surface area (Å²) in [4.78, 5) is 26.2. The predicted octanol–water partition coefficient (Wildman–Crippen LogP) is 5.05. The fourth-order valence-corrected chi connectivity index (χ4v) is 4.47. The van der Waals surface area contributed by atoms with Crippen LogP contribution in [0.3, 0.4) is 0 Å². The van der Waals surface area contributed by atoms with Gasteiger partial charge < -0.3 is 14.7 Å². The second-order valence-electron chi connectivity index (χ2n) is 7.93. The molecule has 5 nitrogen and oxygen atoms in total. The fourth-order valence-electron chi connectivity index (χ4n) is 4.26.